The maximum Gasteiger partial charge on any atom is 0.308 e. The van der Waals surface area contributed by atoms with Gasteiger partial charge in [0.2, 0.25) is 10.0 Å². The summed E-state index contributed by atoms with van der Waals surface area (Å²) in [5.41, 5.74) is 0. The first-order valence-corrected chi connectivity index (χ1v) is 8.68. The minimum absolute atomic E-state index is 0.0584. The molecule has 1 heterocycles. The lowest BCUT2D eigenvalue weighted by Gasteiger charge is -2.36. The zero-order valence-electron chi connectivity index (χ0n) is 11.3. The van der Waals surface area contributed by atoms with E-state index in [0.717, 1.165) is 4.31 Å². The number of aliphatic carboxylic acids is 1. The van der Waals surface area contributed by atoms with Crippen LogP contribution >= 0.6 is 15.9 Å². The Morgan fingerprint density at radius 2 is 2.14 bits per heavy atom. The number of nitrogens with zero attached hydrogens (tertiary/aromatic N) is 1. The number of benzene rings is 1. The molecule has 0 amide bonds. The molecule has 8 heteroatoms. The molecule has 1 saturated heterocycles. The summed E-state index contributed by atoms with van der Waals surface area (Å²) in [6.07, 6.45) is 0.861. The lowest BCUT2D eigenvalue weighted by atomic mass is 9.92. The van der Waals surface area contributed by atoms with E-state index in [1.165, 1.54) is 18.2 Å². The molecular weight excluding hydrogens is 365 g/mol. The highest BCUT2D eigenvalue weighted by atomic mass is 79.9. The number of hydrogen-bond donors (Lipinski definition) is 1. The molecule has 1 aromatic rings. The molecule has 0 spiro atoms. The molecular formula is C13H15BrFNO4S. The number of rotatable bonds is 3. The van der Waals surface area contributed by atoms with Crippen LogP contribution in [0.4, 0.5) is 4.39 Å². The fourth-order valence-corrected chi connectivity index (χ4v) is 4.88. The average Bonchev–Trinajstić information content (AvgIpc) is 2.41. The molecule has 1 aliphatic heterocycles. The van der Waals surface area contributed by atoms with Gasteiger partial charge in [-0.2, -0.15) is 4.31 Å². The van der Waals surface area contributed by atoms with Crippen molar-refractivity contribution in [1.29, 1.82) is 0 Å². The Hall–Kier alpha value is -0.990. The second-order valence-corrected chi connectivity index (χ2v) is 7.71. The van der Waals surface area contributed by atoms with Crippen molar-refractivity contribution in [3.63, 3.8) is 0 Å². The van der Waals surface area contributed by atoms with Gasteiger partial charge in [-0.1, -0.05) is 6.07 Å². The van der Waals surface area contributed by atoms with Crippen LogP contribution in [0, 0.1) is 11.7 Å². The quantitative estimate of drug-likeness (QED) is 0.874. The molecule has 2 rings (SSSR count). The Kier molecular flexibility index (Phi) is 4.69. The van der Waals surface area contributed by atoms with Crippen LogP contribution in [0.25, 0.3) is 0 Å². The predicted octanol–water partition coefficient (Wildman–Crippen LogP) is 2.46. The van der Waals surface area contributed by atoms with Gasteiger partial charge in [0.1, 0.15) is 4.90 Å². The van der Waals surface area contributed by atoms with E-state index in [0.29, 0.717) is 12.8 Å². The molecule has 5 nitrogen and oxygen atoms in total. The predicted molar refractivity (Wildman–Crippen MR) is 77.8 cm³/mol. The van der Waals surface area contributed by atoms with Gasteiger partial charge in [-0.3, -0.25) is 4.79 Å². The van der Waals surface area contributed by atoms with Gasteiger partial charge < -0.3 is 5.11 Å². The normalized spacial score (nSPS) is 24.0. The first-order valence-electron chi connectivity index (χ1n) is 6.45. The number of carboxylic acid groups (broad SMARTS) is 1. The van der Waals surface area contributed by atoms with Crippen molar-refractivity contribution in [3.8, 4) is 0 Å². The molecule has 1 aliphatic rings. The summed E-state index contributed by atoms with van der Waals surface area (Å²) in [6, 6.07) is 3.32. The maximum atomic E-state index is 14.1. The summed E-state index contributed by atoms with van der Waals surface area (Å²) in [4.78, 5) is 10.8. The molecule has 1 fully saturated rings. The first kappa shape index (κ1) is 16.4. The third-order valence-corrected chi connectivity index (χ3v) is 6.37. The highest BCUT2D eigenvalue weighted by Gasteiger charge is 2.40. The number of hydrogen-bond acceptors (Lipinski definition) is 3. The topological polar surface area (TPSA) is 74.7 Å². The lowest BCUT2D eigenvalue weighted by molar-refractivity contribution is -0.144. The molecule has 0 unspecified atom stereocenters. The van der Waals surface area contributed by atoms with E-state index in [9.17, 15) is 17.6 Å². The molecule has 1 N–H and O–H groups in total. The summed E-state index contributed by atoms with van der Waals surface area (Å²) in [7, 11) is -4.07. The van der Waals surface area contributed by atoms with E-state index < -0.39 is 38.7 Å². The molecule has 0 aromatic heterocycles. The second kappa shape index (κ2) is 6.02. The minimum atomic E-state index is -4.07. The van der Waals surface area contributed by atoms with Gasteiger partial charge in [0.25, 0.3) is 0 Å². The monoisotopic (exact) mass is 379 g/mol. The van der Waals surface area contributed by atoms with Gasteiger partial charge in [-0.25, -0.2) is 12.8 Å². The fraction of sp³-hybridized carbons (Fsp3) is 0.462. The Balaban J connectivity index is 2.43. The van der Waals surface area contributed by atoms with E-state index in [4.69, 9.17) is 5.11 Å². The number of halogens is 2. The van der Waals surface area contributed by atoms with Crippen molar-refractivity contribution in [3.05, 3.63) is 28.5 Å². The van der Waals surface area contributed by atoms with Crippen LogP contribution in [0.1, 0.15) is 19.8 Å². The van der Waals surface area contributed by atoms with Crippen LogP contribution in [0.2, 0.25) is 0 Å². The molecule has 2 atom stereocenters. The van der Waals surface area contributed by atoms with Gasteiger partial charge in [0.05, 0.1) is 10.4 Å². The summed E-state index contributed by atoms with van der Waals surface area (Å²) in [5, 5.41) is 9.16. The Morgan fingerprint density at radius 3 is 2.76 bits per heavy atom. The largest absolute Gasteiger partial charge is 0.481 e. The maximum absolute atomic E-state index is 14.1. The number of carboxylic acids is 1. The smallest absolute Gasteiger partial charge is 0.308 e. The number of piperidine rings is 1. The number of carbonyl (C=O) groups is 1. The van der Waals surface area contributed by atoms with Crippen LogP contribution in [0.3, 0.4) is 0 Å². The third-order valence-electron chi connectivity index (χ3n) is 3.75. The highest BCUT2D eigenvalue weighted by molar-refractivity contribution is 9.10. The second-order valence-electron chi connectivity index (χ2n) is 5.00. The van der Waals surface area contributed by atoms with E-state index in [1.54, 1.807) is 6.92 Å². The van der Waals surface area contributed by atoms with Crippen molar-refractivity contribution in [1.82, 2.24) is 4.31 Å². The zero-order chi connectivity index (χ0) is 15.8. The molecule has 0 radical (unpaired) electrons. The van der Waals surface area contributed by atoms with Gasteiger partial charge in [-0.05, 0) is 47.8 Å². The van der Waals surface area contributed by atoms with Crippen molar-refractivity contribution < 1.29 is 22.7 Å². The molecule has 21 heavy (non-hydrogen) atoms. The minimum Gasteiger partial charge on any atom is -0.481 e. The van der Waals surface area contributed by atoms with E-state index >= 15 is 0 Å². The molecule has 0 aliphatic carbocycles. The van der Waals surface area contributed by atoms with Crippen molar-refractivity contribution in [2.75, 3.05) is 6.54 Å². The zero-order valence-corrected chi connectivity index (χ0v) is 13.7. The highest BCUT2D eigenvalue weighted by Crippen LogP contribution is 2.31. The molecule has 116 valence electrons. The van der Waals surface area contributed by atoms with Gasteiger partial charge >= 0.3 is 5.97 Å². The lowest BCUT2D eigenvalue weighted by Crippen LogP contribution is -2.49. The van der Waals surface area contributed by atoms with E-state index in [-0.39, 0.29) is 11.0 Å². The van der Waals surface area contributed by atoms with Gasteiger partial charge in [0.15, 0.2) is 5.82 Å². The third kappa shape index (κ3) is 2.97. The van der Waals surface area contributed by atoms with Crippen LogP contribution in [0.5, 0.6) is 0 Å². The summed E-state index contributed by atoms with van der Waals surface area (Å²) >= 11 is 2.96. The summed E-state index contributed by atoms with van der Waals surface area (Å²) in [5.74, 6) is -2.66. The Labute approximate surface area is 130 Å². The molecule has 0 saturated carbocycles. The van der Waals surface area contributed by atoms with Crippen LogP contribution in [0.15, 0.2) is 27.6 Å². The molecule has 1 aromatic carbocycles. The van der Waals surface area contributed by atoms with Crippen molar-refractivity contribution in [2.24, 2.45) is 5.92 Å². The van der Waals surface area contributed by atoms with E-state index in [1.807, 2.05) is 0 Å². The Morgan fingerprint density at radius 1 is 1.48 bits per heavy atom. The standard InChI is InChI=1S/C13H15BrFNO4S/c1-8-9(13(17)18)4-3-7-16(8)21(19,20)11-6-2-5-10(14)12(11)15/h2,5-6,8-9H,3-4,7H2,1H3,(H,17,18)/t8-,9-/m1/s1. The first-order chi connectivity index (χ1) is 9.76. The average molecular weight is 380 g/mol. The summed E-state index contributed by atoms with van der Waals surface area (Å²) < 4.78 is 40.4. The van der Waals surface area contributed by atoms with Crippen LogP contribution in [-0.4, -0.2) is 36.4 Å². The molecule has 0 bridgehead atoms. The van der Waals surface area contributed by atoms with Crippen molar-refractivity contribution >= 4 is 31.9 Å². The van der Waals surface area contributed by atoms with Crippen LogP contribution in [-0.2, 0) is 14.8 Å². The van der Waals surface area contributed by atoms with Gasteiger partial charge in [-0.15, -0.1) is 0 Å². The van der Waals surface area contributed by atoms with Gasteiger partial charge in [0, 0.05) is 12.6 Å². The summed E-state index contributed by atoms with van der Waals surface area (Å²) in [6.45, 7) is 1.74. The van der Waals surface area contributed by atoms with Crippen LogP contribution < -0.4 is 0 Å². The fourth-order valence-electron chi connectivity index (χ4n) is 2.59. The van der Waals surface area contributed by atoms with Crippen molar-refractivity contribution in [2.45, 2.75) is 30.7 Å². The van der Waals surface area contributed by atoms with E-state index in [2.05, 4.69) is 15.9 Å². The SMILES string of the molecule is C[C@@H]1[C@H](C(=O)O)CCCN1S(=O)(=O)c1cccc(Br)c1F. The number of sulfonamides is 1. The Bertz CT molecular complexity index is 664.